The van der Waals surface area contributed by atoms with Crippen LogP contribution in [0.2, 0.25) is 0 Å². The molecule has 0 aromatic carbocycles. The number of nitrogens with one attached hydrogen (secondary N) is 2. The maximum absolute atomic E-state index is 13.3. The number of imidazole rings is 1. The van der Waals surface area contributed by atoms with Gasteiger partial charge in [0.1, 0.15) is 29.9 Å². The molecule has 11 heteroatoms. The number of aliphatic hydroxyl groups excluding tert-OH is 3. The topological polar surface area (TPSA) is 131 Å². The molecule has 2 saturated heterocycles. The molecule has 3 rings (SSSR count). The van der Waals surface area contributed by atoms with Gasteiger partial charge in [-0.3, -0.25) is 9.69 Å². The molecule has 0 saturated carbocycles. The summed E-state index contributed by atoms with van der Waals surface area (Å²) in [5, 5.41) is 35.0. The SMILES string of the molecule is CCC[C@@H]1C[C@@H](C(=O)N[C@@H]([C@H]2O[C@H](SC)[C@H](O)[C@@H](O)[C@H]2O)[C@@H](C)Sc2ncc[nH]2)N(C)C1. The second-order valence-electron chi connectivity index (χ2n) is 8.77. The van der Waals surface area contributed by atoms with Crippen molar-refractivity contribution in [2.45, 2.75) is 85.5 Å². The molecule has 0 unspecified atom stereocenters. The van der Waals surface area contributed by atoms with Crippen molar-refractivity contribution in [1.29, 1.82) is 0 Å². The van der Waals surface area contributed by atoms with Gasteiger partial charge in [0.2, 0.25) is 5.91 Å². The Morgan fingerprint density at radius 2 is 2.12 bits per heavy atom. The van der Waals surface area contributed by atoms with E-state index in [9.17, 15) is 20.1 Å². The van der Waals surface area contributed by atoms with E-state index in [0.29, 0.717) is 11.1 Å². The number of hydrogen-bond donors (Lipinski definition) is 5. The highest BCUT2D eigenvalue weighted by atomic mass is 32.2. The maximum atomic E-state index is 13.3. The molecule has 0 aliphatic carbocycles. The molecule has 0 spiro atoms. The third-order valence-electron chi connectivity index (χ3n) is 6.41. The summed E-state index contributed by atoms with van der Waals surface area (Å²) in [6.07, 6.45) is 3.32. The Hall–Kier alpha value is -0.820. The van der Waals surface area contributed by atoms with Crippen molar-refractivity contribution in [2.24, 2.45) is 5.92 Å². The number of nitrogens with zero attached hydrogens (tertiary/aromatic N) is 2. The van der Waals surface area contributed by atoms with Crippen molar-refractivity contribution in [3.63, 3.8) is 0 Å². The second kappa shape index (κ2) is 11.5. The van der Waals surface area contributed by atoms with Gasteiger partial charge in [0, 0.05) is 24.2 Å². The molecule has 0 radical (unpaired) electrons. The van der Waals surface area contributed by atoms with E-state index >= 15 is 0 Å². The van der Waals surface area contributed by atoms with Crippen molar-refractivity contribution in [1.82, 2.24) is 20.2 Å². The van der Waals surface area contributed by atoms with E-state index in [1.807, 2.05) is 14.0 Å². The van der Waals surface area contributed by atoms with Gasteiger partial charge < -0.3 is 30.4 Å². The number of carbonyl (C=O) groups is 1. The molecule has 1 amide bonds. The summed E-state index contributed by atoms with van der Waals surface area (Å²) in [5.41, 5.74) is -0.707. The minimum atomic E-state index is -1.37. The van der Waals surface area contributed by atoms with Gasteiger partial charge in [-0.1, -0.05) is 32.0 Å². The van der Waals surface area contributed by atoms with Crippen LogP contribution >= 0.6 is 23.5 Å². The van der Waals surface area contributed by atoms with E-state index in [2.05, 4.69) is 27.1 Å². The van der Waals surface area contributed by atoms with Gasteiger partial charge in [-0.05, 0) is 32.1 Å². The number of H-pyrrole nitrogens is 1. The Morgan fingerprint density at radius 1 is 1.38 bits per heavy atom. The lowest BCUT2D eigenvalue weighted by atomic mass is 9.92. The number of rotatable bonds is 9. The van der Waals surface area contributed by atoms with Gasteiger partial charge in [0.05, 0.1) is 12.1 Å². The largest absolute Gasteiger partial charge is 0.388 e. The van der Waals surface area contributed by atoms with Crippen LogP contribution in [-0.2, 0) is 9.53 Å². The highest BCUT2D eigenvalue weighted by Gasteiger charge is 2.49. The molecule has 2 aliphatic heterocycles. The number of aromatic nitrogens is 2. The minimum Gasteiger partial charge on any atom is -0.388 e. The number of amides is 1. The van der Waals surface area contributed by atoms with Gasteiger partial charge in [-0.25, -0.2) is 4.98 Å². The zero-order valence-electron chi connectivity index (χ0n) is 19.0. The van der Waals surface area contributed by atoms with Gasteiger partial charge >= 0.3 is 0 Å². The standard InChI is InChI=1S/C21H36N4O5S2/c1-5-6-12-9-13(25(3)10-12)19(29)24-14(11(2)32-21-22-7-8-23-21)18-16(27)15(26)17(28)20(30-18)31-4/h7-8,11-18,20,26-28H,5-6,9-10H2,1-4H3,(H,22,23)(H,24,29)/t11-,12-,13+,14-,15+,16-,17-,18-,20-/m1/s1. The van der Waals surface area contributed by atoms with Crippen LogP contribution in [0, 0.1) is 5.92 Å². The first-order valence-corrected chi connectivity index (χ1v) is 13.3. The van der Waals surface area contributed by atoms with Crippen LogP contribution in [0.5, 0.6) is 0 Å². The lowest BCUT2D eigenvalue weighted by Gasteiger charge is -2.44. The fourth-order valence-corrected chi connectivity index (χ4v) is 6.35. The number of hydrogen-bond acceptors (Lipinski definition) is 9. The Labute approximate surface area is 198 Å². The maximum Gasteiger partial charge on any atom is 0.237 e. The first kappa shape index (κ1) is 25.8. The molecule has 9 nitrogen and oxygen atoms in total. The van der Waals surface area contributed by atoms with Crippen molar-refractivity contribution in [2.75, 3.05) is 19.8 Å². The number of thioether (sulfide) groups is 2. The lowest BCUT2D eigenvalue weighted by molar-refractivity contribution is -0.205. The number of aliphatic hydroxyl groups is 3. The average molecular weight is 489 g/mol. The molecule has 182 valence electrons. The van der Waals surface area contributed by atoms with Gasteiger partial charge in [-0.2, -0.15) is 0 Å². The lowest BCUT2D eigenvalue weighted by Crippen LogP contribution is -2.65. The molecule has 5 N–H and O–H groups in total. The summed E-state index contributed by atoms with van der Waals surface area (Å²) in [7, 11) is 1.96. The molecular weight excluding hydrogens is 452 g/mol. The third-order valence-corrected chi connectivity index (χ3v) is 8.38. The Kier molecular flexibility index (Phi) is 9.31. The molecule has 0 bridgehead atoms. The van der Waals surface area contributed by atoms with Crippen LogP contribution in [0.25, 0.3) is 0 Å². The molecule has 2 aliphatic rings. The highest BCUT2D eigenvalue weighted by Crippen LogP contribution is 2.33. The average Bonchev–Trinajstić information content (AvgIpc) is 3.40. The van der Waals surface area contributed by atoms with Crippen molar-refractivity contribution >= 4 is 29.4 Å². The van der Waals surface area contributed by atoms with Crippen LogP contribution in [0.15, 0.2) is 17.6 Å². The fourth-order valence-electron chi connectivity index (χ4n) is 4.69. The van der Waals surface area contributed by atoms with Crippen molar-refractivity contribution in [3.05, 3.63) is 12.4 Å². The summed E-state index contributed by atoms with van der Waals surface area (Å²) in [6.45, 7) is 4.97. The van der Waals surface area contributed by atoms with Gasteiger partial charge in [0.15, 0.2) is 5.16 Å². The Morgan fingerprint density at radius 3 is 2.75 bits per heavy atom. The van der Waals surface area contributed by atoms with E-state index in [1.54, 1.807) is 18.6 Å². The highest BCUT2D eigenvalue weighted by molar-refractivity contribution is 7.99. The number of ether oxygens (including phenoxy) is 1. The Bertz CT molecular complexity index is 725. The summed E-state index contributed by atoms with van der Waals surface area (Å²) in [4.78, 5) is 22.7. The van der Waals surface area contributed by atoms with Crippen molar-refractivity contribution in [3.8, 4) is 0 Å². The van der Waals surface area contributed by atoms with Crippen molar-refractivity contribution < 1.29 is 24.9 Å². The number of carbonyl (C=O) groups excluding carboxylic acids is 1. The number of likely N-dealkylation sites (N-methyl/N-ethyl adjacent to an activating group) is 1. The molecule has 2 fully saturated rings. The van der Waals surface area contributed by atoms with E-state index < -0.39 is 35.9 Å². The molecule has 32 heavy (non-hydrogen) atoms. The van der Waals surface area contributed by atoms with Gasteiger partial charge in [-0.15, -0.1) is 11.8 Å². The number of likely N-dealkylation sites (tertiary alicyclic amines) is 1. The fraction of sp³-hybridized carbons (Fsp3) is 0.810. The quantitative estimate of drug-likeness (QED) is 0.318. The summed E-state index contributed by atoms with van der Waals surface area (Å²) in [5.74, 6) is 0.378. The molecule has 1 aromatic heterocycles. The van der Waals surface area contributed by atoms with Crippen LogP contribution in [0.4, 0.5) is 0 Å². The summed E-state index contributed by atoms with van der Waals surface area (Å²) < 4.78 is 6.01. The predicted octanol–water partition coefficient (Wildman–Crippen LogP) is 0.666. The zero-order valence-corrected chi connectivity index (χ0v) is 20.7. The molecular formula is C21H36N4O5S2. The van der Waals surface area contributed by atoms with Crippen LogP contribution in [0.1, 0.15) is 33.1 Å². The second-order valence-corrected chi connectivity index (χ2v) is 11.1. The predicted molar refractivity (Wildman–Crippen MR) is 125 cm³/mol. The first-order chi connectivity index (χ1) is 15.3. The Balaban J connectivity index is 1.80. The summed E-state index contributed by atoms with van der Waals surface area (Å²) in [6, 6.07) is -0.856. The zero-order chi connectivity index (χ0) is 23.4. The minimum absolute atomic E-state index is 0.111. The third kappa shape index (κ3) is 5.81. The van der Waals surface area contributed by atoms with Crippen LogP contribution < -0.4 is 5.32 Å². The monoisotopic (exact) mass is 488 g/mol. The van der Waals surface area contributed by atoms with E-state index in [0.717, 1.165) is 25.8 Å². The normalized spacial score (nSPS) is 35.5. The number of aromatic amines is 1. The first-order valence-electron chi connectivity index (χ1n) is 11.2. The molecule has 3 heterocycles. The van der Waals surface area contributed by atoms with E-state index in [4.69, 9.17) is 4.74 Å². The van der Waals surface area contributed by atoms with Gasteiger partial charge in [0.25, 0.3) is 0 Å². The summed E-state index contributed by atoms with van der Waals surface area (Å²) >= 11 is 2.68. The van der Waals surface area contributed by atoms with Crippen LogP contribution in [-0.4, -0.2) is 103 Å². The van der Waals surface area contributed by atoms with E-state index in [1.165, 1.54) is 23.5 Å². The van der Waals surface area contributed by atoms with E-state index in [-0.39, 0.29) is 17.2 Å². The molecule has 1 aromatic rings. The molecule has 9 atom stereocenters. The van der Waals surface area contributed by atoms with Crippen LogP contribution in [0.3, 0.4) is 0 Å². The smallest absolute Gasteiger partial charge is 0.237 e.